The van der Waals surface area contributed by atoms with Crippen molar-refractivity contribution in [3.8, 4) is 23.0 Å². The molecule has 0 aliphatic heterocycles. The average Bonchev–Trinajstić information content (AvgIpc) is 3.18. The highest BCUT2D eigenvalue weighted by Crippen LogP contribution is 2.27. The van der Waals surface area contributed by atoms with Crippen molar-refractivity contribution in [2.45, 2.75) is 0 Å². The molecule has 4 aromatic rings. The number of thiophene rings is 1. The number of hydrogen-bond donors (Lipinski definition) is 1. The molecule has 0 saturated carbocycles. The van der Waals surface area contributed by atoms with Crippen LogP contribution in [0.1, 0.15) is 0 Å². The van der Waals surface area contributed by atoms with E-state index in [9.17, 15) is 0 Å². The first-order chi connectivity index (χ1) is 9.42. The normalized spacial score (nSPS) is 11.2. The minimum atomic E-state index is 0.429. The van der Waals surface area contributed by atoms with Gasteiger partial charge in [-0.1, -0.05) is 23.4 Å². The lowest BCUT2D eigenvalue weighted by Gasteiger charge is -1.88. The molecule has 5 nitrogen and oxygen atoms in total. The SMILES string of the molecule is c1ccc2c(-c3nc(-c4ccsc4)no3)n[nH]c2c1. The smallest absolute Gasteiger partial charge is 0.279 e. The first kappa shape index (κ1) is 10.5. The third-order valence-electron chi connectivity index (χ3n) is 2.88. The fourth-order valence-corrected chi connectivity index (χ4v) is 2.59. The summed E-state index contributed by atoms with van der Waals surface area (Å²) in [6.45, 7) is 0. The zero-order valence-electron chi connectivity index (χ0n) is 9.70. The molecular weight excluding hydrogens is 260 g/mol. The van der Waals surface area contributed by atoms with Gasteiger partial charge in [0.25, 0.3) is 5.89 Å². The standard InChI is InChI=1S/C13H8N4OS/c1-2-4-10-9(3-1)11(16-15-10)13-14-12(17-18-13)8-5-6-19-7-8/h1-7H,(H,15,16). The Balaban J connectivity index is 1.85. The molecule has 0 aliphatic rings. The maximum absolute atomic E-state index is 5.30. The van der Waals surface area contributed by atoms with E-state index in [0.29, 0.717) is 17.4 Å². The topological polar surface area (TPSA) is 67.6 Å². The van der Waals surface area contributed by atoms with Crippen LogP contribution in [0.4, 0.5) is 0 Å². The Morgan fingerprint density at radius 2 is 2.11 bits per heavy atom. The summed E-state index contributed by atoms with van der Waals surface area (Å²) in [5.41, 5.74) is 2.59. The van der Waals surface area contributed by atoms with Crippen LogP contribution < -0.4 is 0 Å². The van der Waals surface area contributed by atoms with E-state index in [1.165, 1.54) is 0 Å². The Bertz CT molecular complexity index is 831. The second-order valence-electron chi connectivity index (χ2n) is 4.05. The highest BCUT2D eigenvalue weighted by atomic mass is 32.1. The van der Waals surface area contributed by atoms with Crippen molar-refractivity contribution < 1.29 is 4.52 Å². The number of aromatic nitrogens is 4. The molecule has 6 heteroatoms. The van der Waals surface area contributed by atoms with E-state index in [0.717, 1.165) is 16.5 Å². The Kier molecular flexibility index (Phi) is 2.22. The first-order valence-corrected chi connectivity index (χ1v) is 6.66. The summed E-state index contributed by atoms with van der Waals surface area (Å²) >= 11 is 1.60. The molecule has 0 aliphatic carbocycles. The van der Waals surface area contributed by atoms with Gasteiger partial charge in [0, 0.05) is 16.3 Å². The van der Waals surface area contributed by atoms with E-state index in [1.807, 2.05) is 41.1 Å². The first-order valence-electron chi connectivity index (χ1n) is 5.71. The van der Waals surface area contributed by atoms with Gasteiger partial charge in [-0.3, -0.25) is 5.10 Å². The summed E-state index contributed by atoms with van der Waals surface area (Å²) in [6.07, 6.45) is 0. The quantitative estimate of drug-likeness (QED) is 0.605. The molecule has 0 saturated heterocycles. The summed E-state index contributed by atoms with van der Waals surface area (Å²) < 4.78 is 5.30. The summed E-state index contributed by atoms with van der Waals surface area (Å²) in [6, 6.07) is 9.80. The van der Waals surface area contributed by atoms with Gasteiger partial charge in [-0.25, -0.2) is 0 Å². The molecule has 0 unspecified atom stereocenters. The van der Waals surface area contributed by atoms with Crippen molar-refractivity contribution in [3.05, 3.63) is 41.1 Å². The minimum absolute atomic E-state index is 0.429. The molecule has 0 spiro atoms. The van der Waals surface area contributed by atoms with Gasteiger partial charge in [0.2, 0.25) is 5.82 Å². The summed E-state index contributed by atoms with van der Waals surface area (Å²) in [5.74, 6) is 1.02. The number of aromatic amines is 1. The Morgan fingerprint density at radius 3 is 3.00 bits per heavy atom. The van der Waals surface area contributed by atoms with Gasteiger partial charge in [-0.05, 0) is 17.5 Å². The number of rotatable bonds is 2. The molecule has 0 radical (unpaired) electrons. The monoisotopic (exact) mass is 268 g/mol. The molecule has 0 fully saturated rings. The molecule has 1 N–H and O–H groups in total. The summed E-state index contributed by atoms with van der Waals surface area (Å²) in [4.78, 5) is 4.39. The molecular formula is C13H8N4OS. The van der Waals surface area contributed by atoms with Crippen LogP contribution in [0, 0.1) is 0 Å². The van der Waals surface area contributed by atoms with Gasteiger partial charge in [0.15, 0.2) is 5.69 Å². The van der Waals surface area contributed by atoms with Crippen LogP contribution >= 0.6 is 11.3 Å². The summed E-state index contributed by atoms with van der Waals surface area (Å²) in [5, 5.41) is 16.1. The molecule has 1 aromatic carbocycles. The Morgan fingerprint density at radius 1 is 1.16 bits per heavy atom. The van der Waals surface area contributed by atoms with Gasteiger partial charge in [0.1, 0.15) is 0 Å². The van der Waals surface area contributed by atoms with Gasteiger partial charge in [-0.15, -0.1) is 0 Å². The van der Waals surface area contributed by atoms with Gasteiger partial charge in [-0.2, -0.15) is 21.4 Å². The summed E-state index contributed by atoms with van der Waals surface area (Å²) in [7, 11) is 0. The van der Waals surface area contributed by atoms with Gasteiger partial charge < -0.3 is 4.52 Å². The average molecular weight is 268 g/mol. The van der Waals surface area contributed by atoms with Gasteiger partial charge in [0.05, 0.1) is 5.52 Å². The number of benzene rings is 1. The zero-order valence-corrected chi connectivity index (χ0v) is 10.5. The maximum atomic E-state index is 5.30. The third kappa shape index (κ3) is 1.65. The van der Waals surface area contributed by atoms with Crippen molar-refractivity contribution >= 4 is 22.2 Å². The van der Waals surface area contributed by atoms with Crippen molar-refractivity contribution in [2.24, 2.45) is 0 Å². The fourth-order valence-electron chi connectivity index (χ4n) is 1.96. The molecule has 0 bridgehead atoms. The van der Waals surface area contributed by atoms with Crippen LogP contribution in [-0.2, 0) is 0 Å². The fraction of sp³-hybridized carbons (Fsp3) is 0. The number of fused-ring (bicyclic) bond motifs is 1. The number of para-hydroxylation sites is 1. The lowest BCUT2D eigenvalue weighted by molar-refractivity contribution is 0.431. The van der Waals surface area contributed by atoms with E-state index in [2.05, 4.69) is 20.3 Å². The number of nitrogens with one attached hydrogen (secondary N) is 1. The molecule has 3 aromatic heterocycles. The second kappa shape index (κ2) is 4.03. The van der Waals surface area contributed by atoms with E-state index in [1.54, 1.807) is 11.3 Å². The molecule has 4 rings (SSSR count). The highest BCUT2D eigenvalue weighted by molar-refractivity contribution is 7.08. The van der Waals surface area contributed by atoms with Crippen molar-refractivity contribution in [3.63, 3.8) is 0 Å². The predicted molar refractivity (Wildman–Crippen MR) is 72.7 cm³/mol. The van der Waals surface area contributed by atoms with Crippen molar-refractivity contribution in [2.75, 3.05) is 0 Å². The lowest BCUT2D eigenvalue weighted by Crippen LogP contribution is -1.79. The second-order valence-corrected chi connectivity index (χ2v) is 4.83. The molecule has 0 amide bonds. The van der Waals surface area contributed by atoms with Gasteiger partial charge >= 0.3 is 0 Å². The number of H-pyrrole nitrogens is 1. The van der Waals surface area contributed by atoms with Crippen molar-refractivity contribution in [1.82, 2.24) is 20.3 Å². The molecule has 92 valence electrons. The van der Waals surface area contributed by atoms with Crippen LogP contribution in [0.2, 0.25) is 0 Å². The van der Waals surface area contributed by atoms with E-state index < -0.39 is 0 Å². The lowest BCUT2D eigenvalue weighted by atomic mass is 10.2. The van der Waals surface area contributed by atoms with Crippen LogP contribution in [-0.4, -0.2) is 20.3 Å². The predicted octanol–water partition coefficient (Wildman–Crippen LogP) is 3.34. The Labute approximate surface area is 111 Å². The molecule has 0 atom stereocenters. The maximum Gasteiger partial charge on any atom is 0.279 e. The van der Waals surface area contributed by atoms with E-state index in [-0.39, 0.29) is 0 Å². The van der Waals surface area contributed by atoms with E-state index in [4.69, 9.17) is 4.52 Å². The zero-order chi connectivity index (χ0) is 12.7. The molecule has 3 heterocycles. The van der Waals surface area contributed by atoms with Crippen LogP contribution in [0.5, 0.6) is 0 Å². The van der Waals surface area contributed by atoms with E-state index >= 15 is 0 Å². The van der Waals surface area contributed by atoms with Crippen LogP contribution in [0.3, 0.4) is 0 Å². The highest BCUT2D eigenvalue weighted by Gasteiger charge is 2.15. The van der Waals surface area contributed by atoms with Crippen molar-refractivity contribution in [1.29, 1.82) is 0 Å². The van der Waals surface area contributed by atoms with Crippen LogP contribution in [0.15, 0.2) is 45.6 Å². The third-order valence-corrected chi connectivity index (χ3v) is 3.56. The molecule has 19 heavy (non-hydrogen) atoms. The number of hydrogen-bond acceptors (Lipinski definition) is 5. The Hall–Kier alpha value is -2.47. The minimum Gasteiger partial charge on any atom is -0.332 e. The van der Waals surface area contributed by atoms with Crippen LogP contribution in [0.25, 0.3) is 33.9 Å². The largest absolute Gasteiger partial charge is 0.332 e. The number of nitrogens with zero attached hydrogens (tertiary/aromatic N) is 3.